The van der Waals surface area contributed by atoms with Crippen molar-refractivity contribution in [1.82, 2.24) is 0 Å². The van der Waals surface area contributed by atoms with Crippen molar-refractivity contribution in [2.24, 2.45) is 9.54 Å². The summed E-state index contributed by atoms with van der Waals surface area (Å²) in [5.41, 5.74) is 0. The minimum atomic E-state index is -1.18. The lowest BCUT2D eigenvalue weighted by Gasteiger charge is -2.12. The van der Waals surface area contributed by atoms with Gasteiger partial charge in [0.05, 0.1) is 20.5 Å². The van der Waals surface area contributed by atoms with Crippen LogP contribution in [0.2, 0.25) is 0 Å². The summed E-state index contributed by atoms with van der Waals surface area (Å²) in [6.45, 7) is 14.4. The lowest BCUT2D eigenvalue weighted by molar-refractivity contribution is -0.106. The summed E-state index contributed by atoms with van der Waals surface area (Å²) in [4.78, 5) is 8.81. The first-order valence-corrected chi connectivity index (χ1v) is 8.13. The van der Waals surface area contributed by atoms with Crippen molar-refractivity contribution in [2.75, 3.05) is 0 Å². The average Bonchev–Trinajstić information content (AvgIpc) is 2.17. The van der Waals surface area contributed by atoms with E-state index >= 15 is 0 Å². The standard InChI is InChI=1S/C6H13NOS.C4H11NOS.C2H4O/c1-5-7-9(8)6(2,3)4;1-4(2,3)7(5)6;1-2-3/h5H,1-4H3;5H2,1-3H3;2H,1H3/t9-;7-;/m11./s1. The van der Waals surface area contributed by atoms with Gasteiger partial charge in [-0.3, -0.25) is 5.14 Å². The third-order valence-corrected chi connectivity index (χ3v) is 3.99. The molecule has 5 nitrogen and oxygen atoms in total. The van der Waals surface area contributed by atoms with Gasteiger partial charge in [0.1, 0.15) is 17.3 Å². The molecule has 2 atom stereocenters. The summed E-state index contributed by atoms with van der Waals surface area (Å²) in [5, 5.41) is 5.04. The second-order valence-electron chi connectivity index (χ2n) is 5.37. The Hall–Kier alpha value is -0.400. The van der Waals surface area contributed by atoms with Gasteiger partial charge in [-0.2, -0.15) is 4.40 Å². The average molecular weight is 313 g/mol. The highest BCUT2D eigenvalue weighted by molar-refractivity contribution is 7.85. The number of aldehydes is 1. The van der Waals surface area contributed by atoms with Gasteiger partial charge in [0.2, 0.25) is 0 Å². The SMILES string of the molecule is CC(C)(C)[S@](N)=O.CC=N[S@](=O)C(C)(C)C.CC=O. The van der Waals surface area contributed by atoms with Crippen LogP contribution >= 0.6 is 0 Å². The zero-order chi connectivity index (χ0) is 16.3. The Balaban J connectivity index is -0.000000228. The van der Waals surface area contributed by atoms with E-state index in [9.17, 15) is 8.42 Å². The van der Waals surface area contributed by atoms with Crippen LogP contribution < -0.4 is 5.14 Å². The number of nitrogens with zero attached hydrogens (tertiary/aromatic N) is 1. The van der Waals surface area contributed by atoms with Gasteiger partial charge in [0.25, 0.3) is 0 Å². The Labute approximate surface area is 122 Å². The molecular weight excluding hydrogens is 284 g/mol. The van der Waals surface area contributed by atoms with E-state index in [1.54, 1.807) is 13.1 Å². The number of hydrogen-bond acceptors (Lipinski definition) is 3. The molecule has 2 N–H and O–H groups in total. The van der Waals surface area contributed by atoms with Gasteiger partial charge < -0.3 is 4.79 Å². The molecule has 0 aromatic carbocycles. The van der Waals surface area contributed by atoms with E-state index in [1.165, 1.54) is 6.92 Å². The van der Waals surface area contributed by atoms with E-state index in [2.05, 4.69) is 4.40 Å². The molecule has 0 aliphatic heterocycles. The molecule has 0 fully saturated rings. The molecular formula is C12H28N2O3S2. The topological polar surface area (TPSA) is 89.6 Å². The van der Waals surface area contributed by atoms with E-state index in [-0.39, 0.29) is 9.49 Å². The summed E-state index contributed by atoms with van der Waals surface area (Å²) >= 11 is 0. The van der Waals surface area contributed by atoms with E-state index in [1.807, 2.05) is 41.5 Å². The molecule has 0 saturated carbocycles. The molecule has 19 heavy (non-hydrogen) atoms. The molecule has 0 aromatic heterocycles. The third-order valence-electron chi connectivity index (χ3n) is 1.33. The first-order chi connectivity index (χ1) is 8.34. The molecule has 0 amide bonds. The largest absolute Gasteiger partial charge is 0.304 e. The lowest BCUT2D eigenvalue weighted by Crippen LogP contribution is -2.27. The Morgan fingerprint density at radius 3 is 1.26 bits per heavy atom. The van der Waals surface area contributed by atoms with Gasteiger partial charge in [-0.1, -0.05) is 0 Å². The fraction of sp³-hybridized carbons (Fsp3) is 0.833. The highest BCUT2D eigenvalue weighted by Crippen LogP contribution is 2.11. The van der Waals surface area contributed by atoms with Crippen LogP contribution in [0.4, 0.5) is 0 Å². The van der Waals surface area contributed by atoms with Crippen LogP contribution in [-0.4, -0.2) is 30.4 Å². The summed E-state index contributed by atoms with van der Waals surface area (Å²) in [6.07, 6.45) is 2.32. The zero-order valence-electron chi connectivity index (χ0n) is 13.2. The predicted molar refractivity (Wildman–Crippen MR) is 85.9 cm³/mol. The van der Waals surface area contributed by atoms with Crippen molar-refractivity contribution < 1.29 is 13.2 Å². The number of nitrogens with two attached hydrogens (primary N) is 1. The van der Waals surface area contributed by atoms with Gasteiger partial charge in [-0.15, -0.1) is 0 Å². The Morgan fingerprint density at radius 2 is 1.21 bits per heavy atom. The first kappa shape index (κ1) is 23.7. The normalized spacial score (nSPS) is 14.6. The molecule has 0 aliphatic rings. The lowest BCUT2D eigenvalue weighted by atomic mass is 10.3. The molecule has 0 saturated heterocycles. The minimum absolute atomic E-state index is 0.216. The van der Waals surface area contributed by atoms with Crippen LogP contribution in [0.5, 0.6) is 0 Å². The van der Waals surface area contributed by atoms with Crippen LogP contribution in [0.15, 0.2) is 4.40 Å². The van der Waals surface area contributed by atoms with Crippen molar-refractivity contribution in [3.05, 3.63) is 0 Å². The summed E-state index contributed by atoms with van der Waals surface area (Å²) in [7, 11) is -2.25. The monoisotopic (exact) mass is 312 g/mol. The molecule has 0 aromatic rings. The fourth-order valence-electron chi connectivity index (χ4n) is 0.254. The Kier molecular flexibility index (Phi) is 14.2. The molecule has 0 unspecified atom stereocenters. The molecule has 0 spiro atoms. The van der Waals surface area contributed by atoms with E-state index in [0.717, 1.165) is 6.29 Å². The zero-order valence-corrected chi connectivity index (χ0v) is 14.9. The summed E-state index contributed by atoms with van der Waals surface area (Å²) in [6, 6.07) is 0. The molecule has 0 aliphatic carbocycles. The molecule has 0 rings (SSSR count). The Morgan fingerprint density at radius 1 is 0.947 bits per heavy atom. The summed E-state index contributed by atoms with van der Waals surface area (Å²) in [5.74, 6) is 0. The minimum Gasteiger partial charge on any atom is -0.304 e. The van der Waals surface area contributed by atoms with E-state index < -0.39 is 22.0 Å². The van der Waals surface area contributed by atoms with E-state index in [0.29, 0.717) is 0 Å². The number of carbonyl (C=O) groups is 1. The molecule has 0 bridgehead atoms. The second-order valence-corrected chi connectivity index (χ2v) is 9.12. The smallest absolute Gasteiger partial charge is 0.144 e. The highest BCUT2D eigenvalue weighted by atomic mass is 32.2. The van der Waals surface area contributed by atoms with Gasteiger partial charge in [-0.25, -0.2) is 8.42 Å². The van der Waals surface area contributed by atoms with Crippen LogP contribution in [0.1, 0.15) is 55.4 Å². The molecule has 7 heteroatoms. The summed E-state index contributed by atoms with van der Waals surface area (Å²) < 4.78 is 24.6. The highest BCUT2D eigenvalue weighted by Gasteiger charge is 2.17. The van der Waals surface area contributed by atoms with Crippen LogP contribution in [0.3, 0.4) is 0 Å². The molecule has 116 valence electrons. The number of carbonyl (C=O) groups excluding carboxylic acids is 1. The number of rotatable bonds is 1. The molecule has 0 radical (unpaired) electrons. The van der Waals surface area contributed by atoms with Gasteiger partial charge >= 0.3 is 0 Å². The first-order valence-electron chi connectivity index (χ1n) is 5.81. The quantitative estimate of drug-likeness (QED) is 0.594. The van der Waals surface area contributed by atoms with E-state index in [4.69, 9.17) is 9.93 Å². The van der Waals surface area contributed by atoms with Crippen LogP contribution in [0.25, 0.3) is 0 Å². The van der Waals surface area contributed by atoms with Gasteiger partial charge in [0, 0.05) is 6.21 Å². The van der Waals surface area contributed by atoms with Crippen molar-refractivity contribution in [3.8, 4) is 0 Å². The predicted octanol–water partition coefficient (Wildman–Crippen LogP) is 2.15. The van der Waals surface area contributed by atoms with Crippen molar-refractivity contribution in [1.29, 1.82) is 0 Å². The third kappa shape index (κ3) is 20.1. The van der Waals surface area contributed by atoms with Gasteiger partial charge in [0.15, 0.2) is 0 Å². The number of hydrogen-bond donors (Lipinski definition) is 1. The van der Waals surface area contributed by atoms with Crippen molar-refractivity contribution in [3.63, 3.8) is 0 Å². The maximum absolute atomic E-state index is 11.0. The van der Waals surface area contributed by atoms with Crippen molar-refractivity contribution in [2.45, 2.75) is 64.9 Å². The molecule has 0 heterocycles. The van der Waals surface area contributed by atoms with Gasteiger partial charge in [-0.05, 0) is 55.4 Å². The fourth-order valence-corrected chi connectivity index (χ4v) is 0.762. The maximum atomic E-state index is 11.0. The maximum Gasteiger partial charge on any atom is 0.144 e. The second kappa shape index (κ2) is 11.4. The van der Waals surface area contributed by atoms with Crippen LogP contribution in [0, 0.1) is 0 Å². The van der Waals surface area contributed by atoms with Crippen LogP contribution in [-0.2, 0) is 26.8 Å². The van der Waals surface area contributed by atoms with Crippen molar-refractivity contribution >= 4 is 34.5 Å². The Bertz CT molecular complexity index is 316.